The maximum absolute atomic E-state index is 12.0. The van der Waals surface area contributed by atoms with Gasteiger partial charge in [-0.05, 0) is 13.8 Å². The van der Waals surface area contributed by atoms with Gasteiger partial charge in [0.2, 0.25) is 0 Å². The topological polar surface area (TPSA) is 128 Å². The Labute approximate surface area is 141 Å². The van der Waals surface area contributed by atoms with E-state index in [1.165, 1.54) is 11.8 Å². The molecule has 0 saturated carbocycles. The number of esters is 1. The number of thiophene rings is 1. The lowest BCUT2D eigenvalue weighted by atomic mass is 10.2. The summed E-state index contributed by atoms with van der Waals surface area (Å²) >= 11 is 2.34. The number of rotatable bonds is 5. The predicted molar refractivity (Wildman–Crippen MR) is 90.1 cm³/mol. The van der Waals surface area contributed by atoms with Crippen molar-refractivity contribution < 1.29 is 9.53 Å². The Morgan fingerprint density at radius 2 is 2.22 bits per heavy atom. The Morgan fingerprint density at radius 3 is 2.83 bits per heavy atom. The summed E-state index contributed by atoms with van der Waals surface area (Å²) in [5, 5.41) is 10.1. The lowest BCUT2D eigenvalue weighted by Crippen LogP contribution is -2.05. The van der Waals surface area contributed by atoms with E-state index in [1.54, 1.807) is 13.0 Å². The monoisotopic (exact) mass is 349 g/mol. The van der Waals surface area contributed by atoms with E-state index in [9.17, 15) is 10.1 Å². The molecule has 4 N–H and O–H groups in total. The number of nitrogen functional groups attached to an aromatic ring is 2. The van der Waals surface area contributed by atoms with Gasteiger partial charge in [0, 0.05) is 23.1 Å². The summed E-state index contributed by atoms with van der Waals surface area (Å²) < 4.78 is 5.02. The van der Waals surface area contributed by atoms with Gasteiger partial charge in [0.15, 0.2) is 5.16 Å². The molecule has 0 fully saturated rings. The second kappa shape index (κ2) is 7.30. The molecule has 7 nitrogen and oxygen atoms in total. The second-order valence-electron chi connectivity index (χ2n) is 4.49. The standard InChI is InChI=1S/C14H15N5O2S2/c1-3-21-13(20)11-9(8(5-15)12(17)23-11)6-22-14-18-7(2)4-10(16)19-14/h4H,3,6,17H2,1-2H3,(H2,16,18,19). The van der Waals surface area contributed by atoms with Crippen LogP contribution in [0.5, 0.6) is 0 Å². The molecule has 2 heterocycles. The number of carbonyl (C=O) groups is 1. The minimum absolute atomic E-state index is 0.253. The lowest BCUT2D eigenvalue weighted by molar-refractivity contribution is 0.0531. The third kappa shape index (κ3) is 3.91. The summed E-state index contributed by atoms with van der Waals surface area (Å²) in [6.07, 6.45) is 0. The molecule has 0 aliphatic rings. The first-order chi connectivity index (χ1) is 11.0. The van der Waals surface area contributed by atoms with E-state index in [0.29, 0.717) is 37.7 Å². The van der Waals surface area contributed by atoms with Gasteiger partial charge in [0.25, 0.3) is 0 Å². The molecule has 0 aliphatic carbocycles. The van der Waals surface area contributed by atoms with Crippen LogP contribution in [-0.4, -0.2) is 22.5 Å². The molecule has 2 aromatic heterocycles. The van der Waals surface area contributed by atoms with Crippen molar-refractivity contribution in [2.24, 2.45) is 0 Å². The van der Waals surface area contributed by atoms with Crippen LogP contribution in [0.25, 0.3) is 0 Å². The van der Waals surface area contributed by atoms with Crippen LogP contribution < -0.4 is 11.5 Å². The van der Waals surface area contributed by atoms with E-state index in [-0.39, 0.29) is 6.61 Å². The number of hydrogen-bond donors (Lipinski definition) is 2. The number of aromatic nitrogens is 2. The highest BCUT2D eigenvalue weighted by molar-refractivity contribution is 7.98. The molecular weight excluding hydrogens is 334 g/mol. The minimum atomic E-state index is -0.481. The summed E-state index contributed by atoms with van der Waals surface area (Å²) in [7, 11) is 0. The molecule has 0 unspecified atom stereocenters. The van der Waals surface area contributed by atoms with Crippen LogP contribution >= 0.6 is 23.1 Å². The van der Waals surface area contributed by atoms with Crippen molar-refractivity contribution in [2.75, 3.05) is 18.1 Å². The van der Waals surface area contributed by atoms with Crippen LogP contribution in [0.3, 0.4) is 0 Å². The third-order valence-corrected chi connectivity index (χ3v) is 4.72. The van der Waals surface area contributed by atoms with Crippen molar-refractivity contribution in [1.82, 2.24) is 9.97 Å². The minimum Gasteiger partial charge on any atom is -0.462 e. The maximum Gasteiger partial charge on any atom is 0.348 e. The largest absolute Gasteiger partial charge is 0.462 e. The molecule has 0 radical (unpaired) electrons. The average molecular weight is 349 g/mol. The normalized spacial score (nSPS) is 10.3. The highest BCUT2D eigenvalue weighted by Gasteiger charge is 2.23. The average Bonchev–Trinajstić information content (AvgIpc) is 2.80. The molecule has 0 bridgehead atoms. The third-order valence-electron chi connectivity index (χ3n) is 2.81. The molecule has 0 aliphatic heterocycles. The summed E-state index contributed by atoms with van der Waals surface area (Å²) in [5.74, 6) is 0.218. The van der Waals surface area contributed by atoms with E-state index >= 15 is 0 Å². The summed E-state index contributed by atoms with van der Waals surface area (Å²) in [6.45, 7) is 3.79. The first kappa shape index (κ1) is 17.1. The first-order valence-electron chi connectivity index (χ1n) is 6.68. The number of nitriles is 1. The van der Waals surface area contributed by atoms with Crippen molar-refractivity contribution >= 4 is 39.9 Å². The maximum atomic E-state index is 12.0. The fraction of sp³-hybridized carbons (Fsp3) is 0.286. The second-order valence-corrected chi connectivity index (χ2v) is 6.48. The fourth-order valence-electron chi connectivity index (χ4n) is 1.87. The zero-order valence-electron chi connectivity index (χ0n) is 12.6. The van der Waals surface area contributed by atoms with E-state index in [0.717, 1.165) is 17.0 Å². The van der Waals surface area contributed by atoms with Gasteiger partial charge in [-0.25, -0.2) is 14.8 Å². The highest BCUT2D eigenvalue weighted by atomic mass is 32.2. The SMILES string of the molecule is CCOC(=O)c1sc(N)c(C#N)c1CSc1nc(C)cc(N)n1. The van der Waals surface area contributed by atoms with Crippen molar-refractivity contribution in [3.05, 3.63) is 27.8 Å². The Morgan fingerprint density at radius 1 is 1.48 bits per heavy atom. The molecule has 0 atom stereocenters. The number of anilines is 2. The molecule has 2 rings (SSSR count). The Balaban J connectivity index is 2.31. The van der Waals surface area contributed by atoms with Gasteiger partial charge in [-0.15, -0.1) is 11.3 Å². The van der Waals surface area contributed by atoms with Crippen LogP contribution in [0.15, 0.2) is 11.2 Å². The van der Waals surface area contributed by atoms with Gasteiger partial charge in [-0.3, -0.25) is 0 Å². The molecule has 0 amide bonds. The summed E-state index contributed by atoms with van der Waals surface area (Å²) in [5.41, 5.74) is 13.1. The number of carbonyl (C=O) groups excluding carboxylic acids is 1. The molecule has 23 heavy (non-hydrogen) atoms. The first-order valence-corrected chi connectivity index (χ1v) is 8.48. The van der Waals surface area contributed by atoms with Crippen LogP contribution in [0.2, 0.25) is 0 Å². The highest BCUT2D eigenvalue weighted by Crippen LogP contribution is 2.35. The molecule has 0 saturated heterocycles. The molecule has 0 spiro atoms. The number of ether oxygens (including phenoxy) is 1. The fourth-order valence-corrected chi connectivity index (χ4v) is 3.84. The number of aryl methyl sites for hydroxylation is 1. The Bertz CT molecular complexity index is 762. The summed E-state index contributed by atoms with van der Waals surface area (Å²) in [6, 6.07) is 3.70. The van der Waals surface area contributed by atoms with Crippen molar-refractivity contribution in [2.45, 2.75) is 24.8 Å². The Hall–Kier alpha value is -2.31. The van der Waals surface area contributed by atoms with Crippen LogP contribution in [0.1, 0.15) is 33.4 Å². The van der Waals surface area contributed by atoms with Crippen molar-refractivity contribution in [3.63, 3.8) is 0 Å². The quantitative estimate of drug-likeness (QED) is 0.478. The van der Waals surface area contributed by atoms with E-state index in [2.05, 4.69) is 9.97 Å². The van der Waals surface area contributed by atoms with Gasteiger partial charge in [-0.2, -0.15) is 5.26 Å². The van der Waals surface area contributed by atoms with E-state index < -0.39 is 5.97 Å². The molecule has 2 aromatic rings. The predicted octanol–water partition coefficient (Wildman–Crippen LogP) is 2.35. The van der Waals surface area contributed by atoms with Gasteiger partial charge in [-0.1, -0.05) is 11.8 Å². The van der Waals surface area contributed by atoms with Gasteiger partial charge in [0.1, 0.15) is 21.8 Å². The van der Waals surface area contributed by atoms with E-state index in [1.807, 2.05) is 13.0 Å². The van der Waals surface area contributed by atoms with Crippen LogP contribution in [-0.2, 0) is 10.5 Å². The lowest BCUT2D eigenvalue weighted by Gasteiger charge is -2.05. The van der Waals surface area contributed by atoms with Gasteiger partial charge < -0.3 is 16.2 Å². The number of thioether (sulfide) groups is 1. The number of nitrogens with zero attached hydrogens (tertiary/aromatic N) is 3. The van der Waals surface area contributed by atoms with Crippen LogP contribution in [0.4, 0.5) is 10.8 Å². The summed E-state index contributed by atoms with van der Waals surface area (Å²) in [4.78, 5) is 20.8. The zero-order valence-corrected chi connectivity index (χ0v) is 14.3. The molecule has 9 heteroatoms. The smallest absolute Gasteiger partial charge is 0.348 e. The molecular formula is C14H15N5O2S2. The van der Waals surface area contributed by atoms with Crippen molar-refractivity contribution in [1.29, 1.82) is 5.26 Å². The number of hydrogen-bond acceptors (Lipinski definition) is 9. The zero-order chi connectivity index (χ0) is 17.0. The Kier molecular flexibility index (Phi) is 5.41. The molecule has 0 aromatic carbocycles. The number of nitrogens with two attached hydrogens (primary N) is 2. The molecule has 120 valence electrons. The van der Waals surface area contributed by atoms with Crippen molar-refractivity contribution in [3.8, 4) is 6.07 Å². The van der Waals surface area contributed by atoms with Gasteiger partial charge >= 0.3 is 5.97 Å². The van der Waals surface area contributed by atoms with Crippen LogP contribution in [0, 0.1) is 18.3 Å². The van der Waals surface area contributed by atoms with E-state index in [4.69, 9.17) is 16.2 Å². The van der Waals surface area contributed by atoms with Gasteiger partial charge in [0.05, 0.1) is 12.2 Å².